The minimum atomic E-state index is -1.27. The fourth-order valence-electron chi connectivity index (χ4n) is 5.26. The lowest BCUT2D eigenvalue weighted by Crippen LogP contribution is -2.61. The first-order valence-corrected chi connectivity index (χ1v) is 15.5. The molecule has 1 saturated heterocycles. The molecule has 0 saturated carbocycles. The number of aromatic nitrogens is 2. The molecule has 46 heavy (non-hydrogen) atoms. The lowest BCUT2D eigenvalue weighted by atomic mass is 9.99. The van der Waals surface area contributed by atoms with Crippen LogP contribution in [0.15, 0.2) is 71.9 Å². The highest BCUT2D eigenvalue weighted by atomic mass is 32.2. The van der Waals surface area contributed by atoms with E-state index in [4.69, 9.17) is 33.4 Å². The second-order valence-electron chi connectivity index (χ2n) is 10.6. The van der Waals surface area contributed by atoms with Gasteiger partial charge in [-0.05, 0) is 35.0 Å². The van der Waals surface area contributed by atoms with Crippen molar-refractivity contribution in [2.24, 2.45) is 0 Å². The first-order valence-electron chi connectivity index (χ1n) is 14.6. The van der Waals surface area contributed by atoms with Crippen LogP contribution < -0.4 is 4.74 Å². The molecule has 5 rings (SSSR count). The molecule has 242 valence electrons. The third-order valence-corrected chi connectivity index (χ3v) is 8.23. The summed E-state index contributed by atoms with van der Waals surface area (Å²) in [6.07, 6.45) is -4.79. The summed E-state index contributed by atoms with van der Waals surface area (Å²) in [7, 11) is 0. The van der Waals surface area contributed by atoms with Crippen molar-refractivity contribution >= 4 is 57.4 Å². The molecule has 0 N–H and O–H groups in total. The Hall–Kier alpha value is -4.62. The van der Waals surface area contributed by atoms with E-state index in [1.165, 1.54) is 27.7 Å². The van der Waals surface area contributed by atoms with Gasteiger partial charge in [-0.1, -0.05) is 54.2 Å². The van der Waals surface area contributed by atoms with Crippen molar-refractivity contribution in [3.8, 4) is 5.75 Å². The van der Waals surface area contributed by atoms with E-state index in [1.54, 1.807) is 0 Å². The lowest BCUT2D eigenvalue weighted by molar-refractivity contribution is -0.237. The summed E-state index contributed by atoms with van der Waals surface area (Å²) in [5.74, 6) is -1.94. The highest BCUT2D eigenvalue weighted by molar-refractivity contribution is 7.99. The Morgan fingerprint density at radius 3 is 2.15 bits per heavy atom. The molecular weight excluding hydrogens is 616 g/mol. The van der Waals surface area contributed by atoms with E-state index in [9.17, 15) is 19.2 Å². The normalized spacial score (nSPS) is 21.0. The number of rotatable bonds is 11. The molecule has 0 aliphatic carbocycles. The van der Waals surface area contributed by atoms with Gasteiger partial charge in [0, 0.05) is 27.7 Å². The van der Waals surface area contributed by atoms with Gasteiger partial charge in [0.1, 0.15) is 25.1 Å². The Bertz CT molecular complexity index is 1740. The van der Waals surface area contributed by atoms with E-state index in [0.29, 0.717) is 23.8 Å². The maximum Gasteiger partial charge on any atom is 0.303 e. The second-order valence-corrected chi connectivity index (χ2v) is 11.6. The molecule has 0 radical (unpaired) electrons. The summed E-state index contributed by atoms with van der Waals surface area (Å²) >= 11 is 1.13. The minimum Gasteiger partial charge on any atom is -0.492 e. The number of hydrogen-bond acceptors (Lipinski definition) is 12. The number of ether oxygens (including phenoxy) is 6. The third-order valence-electron chi connectivity index (χ3n) is 7.09. The van der Waals surface area contributed by atoms with E-state index < -0.39 is 53.7 Å². The molecule has 13 heteroatoms. The lowest BCUT2D eigenvalue weighted by Gasteiger charge is -2.44. The average Bonchev–Trinajstić information content (AvgIpc) is 3.35. The molecule has 5 atom stereocenters. The molecular formula is C33H34N2O10S. The highest BCUT2D eigenvalue weighted by Gasteiger charge is 2.52. The Balaban J connectivity index is 1.45. The number of para-hydroxylation sites is 2. The van der Waals surface area contributed by atoms with Gasteiger partial charge >= 0.3 is 23.9 Å². The standard InChI is InChI=1S/C33H34N2O10S/c1-19(36)41-18-28-29(42-20(2)37)30(43-21(3)38)31(44-22(4)39)32(45-28)46-33-34-26-11-7-8-12-27(26)35(33)15-16-40-25-14-13-23-9-5-6-10-24(23)17-25/h5-14,17,28-32H,15-16,18H2,1-4H3. The maximum atomic E-state index is 12.3. The number of esters is 4. The Labute approximate surface area is 269 Å². The molecule has 5 unspecified atom stereocenters. The number of carbonyl (C=O) groups is 4. The van der Waals surface area contributed by atoms with Gasteiger partial charge in [0.05, 0.1) is 17.6 Å². The molecule has 4 aromatic rings. The number of imidazole rings is 1. The van der Waals surface area contributed by atoms with Crippen molar-refractivity contribution in [1.29, 1.82) is 0 Å². The largest absolute Gasteiger partial charge is 0.492 e. The fraction of sp³-hybridized carbons (Fsp3) is 0.364. The van der Waals surface area contributed by atoms with Crippen molar-refractivity contribution in [1.82, 2.24) is 9.55 Å². The number of hydrogen-bond donors (Lipinski definition) is 0. The first-order chi connectivity index (χ1) is 22.1. The maximum absolute atomic E-state index is 12.3. The van der Waals surface area contributed by atoms with Crippen molar-refractivity contribution in [3.05, 3.63) is 66.7 Å². The van der Waals surface area contributed by atoms with Crippen LogP contribution in [-0.2, 0) is 49.4 Å². The van der Waals surface area contributed by atoms with Crippen LogP contribution in [0.5, 0.6) is 5.75 Å². The SMILES string of the molecule is CC(=O)OCC1OC(Sc2nc3ccccc3n2CCOc2ccc3ccccc3c2)C(OC(C)=O)C(OC(C)=O)C1OC(C)=O. The van der Waals surface area contributed by atoms with Gasteiger partial charge in [-0.25, -0.2) is 4.98 Å². The molecule has 2 heterocycles. The van der Waals surface area contributed by atoms with E-state index >= 15 is 0 Å². The Morgan fingerprint density at radius 1 is 0.783 bits per heavy atom. The number of fused-ring (bicyclic) bond motifs is 2. The molecule has 1 aliphatic rings. The van der Waals surface area contributed by atoms with Gasteiger partial charge in [-0.3, -0.25) is 19.2 Å². The average molecular weight is 651 g/mol. The monoisotopic (exact) mass is 650 g/mol. The van der Waals surface area contributed by atoms with Crippen LogP contribution in [0.25, 0.3) is 21.8 Å². The molecule has 1 aromatic heterocycles. The van der Waals surface area contributed by atoms with Crippen molar-refractivity contribution in [3.63, 3.8) is 0 Å². The summed E-state index contributed by atoms with van der Waals surface area (Å²) in [5.41, 5.74) is 0.525. The number of benzene rings is 3. The van der Waals surface area contributed by atoms with Gasteiger partial charge in [0.15, 0.2) is 28.9 Å². The van der Waals surface area contributed by atoms with Crippen LogP contribution in [0.1, 0.15) is 27.7 Å². The zero-order chi connectivity index (χ0) is 32.8. The Kier molecular flexibility index (Phi) is 10.4. The highest BCUT2D eigenvalue weighted by Crippen LogP contribution is 2.38. The molecule has 1 aliphatic heterocycles. The first kappa shape index (κ1) is 32.8. The summed E-state index contributed by atoms with van der Waals surface area (Å²) in [5, 5.41) is 2.68. The van der Waals surface area contributed by atoms with E-state index in [2.05, 4.69) is 0 Å². The predicted molar refractivity (Wildman–Crippen MR) is 167 cm³/mol. The van der Waals surface area contributed by atoms with Crippen molar-refractivity contribution in [2.45, 2.75) is 69.2 Å². The second kappa shape index (κ2) is 14.6. The fourth-order valence-corrected chi connectivity index (χ4v) is 6.48. The summed E-state index contributed by atoms with van der Waals surface area (Å²) in [6.45, 7) is 5.19. The van der Waals surface area contributed by atoms with Gasteiger partial charge in [-0.15, -0.1) is 0 Å². The number of nitrogens with zero attached hydrogens (tertiary/aromatic N) is 2. The number of thioether (sulfide) groups is 1. The van der Waals surface area contributed by atoms with Crippen molar-refractivity contribution < 1.29 is 47.6 Å². The van der Waals surface area contributed by atoms with Crippen LogP contribution in [0.2, 0.25) is 0 Å². The zero-order valence-electron chi connectivity index (χ0n) is 25.7. The van der Waals surface area contributed by atoms with Gasteiger partial charge in [-0.2, -0.15) is 0 Å². The molecule has 0 spiro atoms. The Morgan fingerprint density at radius 2 is 1.43 bits per heavy atom. The van der Waals surface area contributed by atoms with Crippen LogP contribution in [0.3, 0.4) is 0 Å². The van der Waals surface area contributed by atoms with E-state index in [-0.39, 0.29) is 6.61 Å². The zero-order valence-corrected chi connectivity index (χ0v) is 26.6. The summed E-state index contributed by atoms with van der Waals surface area (Å²) in [6, 6.07) is 21.5. The minimum absolute atomic E-state index is 0.310. The molecule has 12 nitrogen and oxygen atoms in total. The van der Waals surface area contributed by atoms with Gasteiger partial charge in [0.2, 0.25) is 0 Å². The topological polar surface area (TPSA) is 141 Å². The van der Waals surface area contributed by atoms with Crippen LogP contribution in [0, 0.1) is 0 Å². The molecule has 0 amide bonds. The van der Waals surface area contributed by atoms with Gasteiger partial charge < -0.3 is 33.0 Å². The smallest absolute Gasteiger partial charge is 0.303 e. The van der Waals surface area contributed by atoms with Crippen molar-refractivity contribution in [2.75, 3.05) is 13.2 Å². The predicted octanol–water partition coefficient (Wildman–Crippen LogP) is 4.44. The van der Waals surface area contributed by atoms with Crippen LogP contribution >= 0.6 is 11.8 Å². The van der Waals surface area contributed by atoms with Gasteiger partial charge in [0.25, 0.3) is 0 Å². The van der Waals surface area contributed by atoms with E-state index in [0.717, 1.165) is 33.8 Å². The summed E-state index contributed by atoms with van der Waals surface area (Å²) < 4.78 is 36.3. The molecule has 3 aromatic carbocycles. The molecule has 1 fully saturated rings. The quantitative estimate of drug-likeness (QED) is 0.167. The van der Waals surface area contributed by atoms with Crippen LogP contribution in [-0.4, -0.2) is 76.5 Å². The van der Waals surface area contributed by atoms with E-state index in [1.807, 2.05) is 71.3 Å². The summed E-state index contributed by atoms with van der Waals surface area (Å²) in [4.78, 5) is 53.1. The van der Waals surface area contributed by atoms with Crippen LogP contribution in [0.4, 0.5) is 0 Å². The third kappa shape index (κ3) is 7.96. The molecule has 0 bridgehead atoms. The number of carbonyl (C=O) groups excluding carboxylic acids is 4.